The van der Waals surface area contributed by atoms with Crippen LogP contribution in [0.4, 0.5) is 23.8 Å². The summed E-state index contributed by atoms with van der Waals surface area (Å²) >= 11 is 0. The van der Waals surface area contributed by atoms with Crippen LogP contribution in [-0.2, 0) is 5.92 Å². The Kier molecular flexibility index (Phi) is 7.92. The fourth-order valence-corrected chi connectivity index (χ4v) is 7.28. The molecule has 4 heterocycles. The highest BCUT2D eigenvalue weighted by Gasteiger charge is 2.45. The molecule has 2 aliphatic rings. The van der Waals surface area contributed by atoms with E-state index in [2.05, 4.69) is 20.3 Å². The van der Waals surface area contributed by atoms with Gasteiger partial charge in [-0.05, 0) is 44.6 Å². The number of benzene rings is 1. The average Bonchev–Trinajstić information content (AvgIpc) is 2.93. The molecule has 1 amide bonds. The van der Waals surface area contributed by atoms with Gasteiger partial charge in [0.15, 0.2) is 0 Å². The summed E-state index contributed by atoms with van der Waals surface area (Å²) < 4.78 is 66.6. The van der Waals surface area contributed by atoms with E-state index < -0.39 is 45.9 Å². The van der Waals surface area contributed by atoms with Crippen molar-refractivity contribution in [3.63, 3.8) is 0 Å². The van der Waals surface area contributed by atoms with Crippen LogP contribution in [0.1, 0.15) is 61.3 Å². The number of piperidine rings is 1. The van der Waals surface area contributed by atoms with Crippen LogP contribution < -0.4 is 10.9 Å². The number of pyridine rings is 1. The second-order valence-corrected chi connectivity index (χ2v) is 13.2. The number of alkyl halides is 2. The van der Waals surface area contributed by atoms with Crippen molar-refractivity contribution in [2.75, 3.05) is 29.9 Å². The van der Waals surface area contributed by atoms with E-state index in [1.54, 1.807) is 13.0 Å². The number of anilines is 1. The molecule has 41 heavy (non-hydrogen) atoms. The molecule has 222 valence electrons. The van der Waals surface area contributed by atoms with E-state index >= 15 is 13.2 Å². The number of halogens is 3. The Morgan fingerprint density at radius 1 is 1.17 bits per heavy atom. The topological polar surface area (TPSA) is 152 Å². The molecule has 5 N–H and O–H groups in total. The summed E-state index contributed by atoms with van der Waals surface area (Å²) in [5, 5.41) is 12.6. The van der Waals surface area contributed by atoms with E-state index in [0.29, 0.717) is 23.8 Å². The smallest absolute Gasteiger partial charge is 0.407 e. The first-order chi connectivity index (χ1) is 19.4. The zero-order chi connectivity index (χ0) is 29.5. The Morgan fingerprint density at radius 3 is 2.51 bits per heavy atom. The zero-order valence-electron chi connectivity index (χ0n) is 22.3. The molecule has 0 bridgehead atoms. The summed E-state index contributed by atoms with van der Waals surface area (Å²) in [5.41, 5.74) is -0.371. The van der Waals surface area contributed by atoms with Gasteiger partial charge in [-0.25, -0.2) is 27.9 Å². The number of nitrogens with one attached hydrogen (secondary N) is 2. The molecule has 5 rings (SSSR count). The molecule has 2 aliphatic heterocycles. The van der Waals surface area contributed by atoms with Crippen molar-refractivity contribution >= 4 is 33.5 Å². The van der Waals surface area contributed by atoms with Crippen molar-refractivity contribution in [3.8, 4) is 0 Å². The first kappa shape index (κ1) is 29.1. The molecule has 0 aliphatic carbocycles. The number of hydrogen-bond donors (Lipinski definition) is 5. The van der Waals surface area contributed by atoms with Crippen LogP contribution in [0.15, 0.2) is 35.4 Å². The quantitative estimate of drug-likeness (QED) is 0.242. The van der Waals surface area contributed by atoms with E-state index in [1.165, 1.54) is 18.5 Å². The van der Waals surface area contributed by atoms with Crippen LogP contribution in [0.2, 0.25) is 0 Å². The Balaban J connectivity index is 1.40. The lowest BCUT2D eigenvalue weighted by molar-refractivity contribution is -0.0861. The van der Waals surface area contributed by atoms with Crippen molar-refractivity contribution in [3.05, 3.63) is 63.5 Å². The van der Waals surface area contributed by atoms with Crippen molar-refractivity contribution in [2.45, 2.75) is 50.5 Å². The minimum absolute atomic E-state index is 0.000885. The molecule has 2 aromatic heterocycles. The number of rotatable bonds is 6. The summed E-state index contributed by atoms with van der Waals surface area (Å²) in [6.07, 6.45) is 0.781. The number of fused-ring (bicyclic) bond motifs is 1. The van der Waals surface area contributed by atoms with Gasteiger partial charge in [-0.1, -0.05) is 18.2 Å². The van der Waals surface area contributed by atoms with Gasteiger partial charge in [0, 0.05) is 41.6 Å². The van der Waals surface area contributed by atoms with Crippen LogP contribution in [-0.4, -0.2) is 64.8 Å². The van der Waals surface area contributed by atoms with E-state index in [-0.39, 0.29) is 65.9 Å². The van der Waals surface area contributed by atoms with Crippen LogP contribution >= 0.6 is 10.6 Å². The first-order valence-corrected chi connectivity index (χ1v) is 15.3. The molecule has 0 radical (unpaired) electrons. The van der Waals surface area contributed by atoms with Gasteiger partial charge in [0.2, 0.25) is 0 Å². The lowest BCUT2D eigenvalue weighted by atomic mass is 9.85. The molecular weight excluding hydrogens is 563 g/mol. The average molecular weight is 596 g/mol. The van der Waals surface area contributed by atoms with Crippen LogP contribution in [0.25, 0.3) is 11.0 Å². The van der Waals surface area contributed by atoms with Crippen molar-refractivity contribution in [1.29, 1.82) is 0 Å². The lowest BCUT2D eigenvalue weighted by Crippen LogP contribution is -2.42. The maximum Gasteiger partial charge on any atom is 0.407 e. The molecule has 2 fully saturated rings. The first-order valence-electron chi connectivity index (χ1n) is 13.4. The molecule has 10 nitrogen and oxygen atoms in total. The van der Waals surface area contributed by atoms with Gasteiger partial charge in [-0.15, -0.1) is 0 Å². The van der Waals surface area contributed by atoms with Gasteiger partial charge in [-0.3, -0.25) is 13.9 Å². The predicted octanol–water partition coefficient (Wildman–Crippen LogP) is 5.74. The molecule has 1 unspecified atom stereocenters. The molecule has 14 heteroatoms. The molecule has 0 saturated carbocycles. The van der Waals surface area contributed by atoms with Gasteiger partial charge in [-0.2, -0.15) is 10.6 Å². The summed E-state index contributed by atoms with van der Waals surface area (Å²) in [6.45, 7) is 1.53. The molecular formula is C27H32F3N5O5S. The molecule has 0 spiro atoms. The molecule has 2 saturated heterocycles. The standard InChI is InChI=1S/C27H32F3N5O5S/c1-15(18-3-2-4-21(22(18)28)27(29,30)17-5-9-35(10-6-17)26(37)38)33-23-20-13-19(16-7-11-41(39,40)12-8-16)25(36)34-24(20)32-14-31-23/h2-4,13-17,39-40H,5-12H2,1H3,(H,37,38)(H2,31,32,33,34,36). The number of carboxylic acid groups (broad SMARTS) is 1. The molecule has 1 aromatic carbocycles. The third-order valence-electron chi connectivity index (χ3n) is 8.19. The van der Waals surface area contributed by atoms with E-state index in [4.69, 9.17) is 5.11 Å². The maximum absolute atomic E-state index is 15.7. The van der Waals surface area contributed by atoms with Crippen molar-refractivity contribution in [2.24, 2.45) is 5.92 Å². The number of hydrogen-bond acceptors (Lipinski definition) is 7. The third kappa shape index (κ3) is 5.86. The summed E-state index contributed by atoms with van der Waals surface area (Å²) in [6, 6.07) is 4.70. The highest BCUT2D eigenvalue weighted by molar-refractivity contribution is 8.24. The van der Waals surface area contributed by atoms with Crippen LogP contribution in [0.5, 0.6) is 0 Å². The van der Waals surface area contributed by atoms with Gasteiger partial charge in [0.1, 0.15) is 23.6 Å². The van der Waals surface area contributed by atoms with Gasteiger partial charge < -0.3 is 20.3 Å². The Morgan fingerprint density at radius 2 is 1.85 bits per heavy atom. The summed E-state index contributed by atoms with van der Waals surface area (Å²) in [5.74, 6) is -5.24. The largest absolute Gasteiger partial charge is 0.465 e. The summed E-state index contributed by atoms with van der Waals surface area (Å²) in [4.78, 5) is 36.2. The number of likely N-dealkylation sites (tertiary alicyclic amines) is 1. The highest BCUT2D eigenvalue weighted by Crippen LogP contribution is 2.48. The van der Waals surface area contributed by atoms with E-state index in [9.17, 15) is 18.7 Å². The fourth-order valence-electron chi connectivity index (χ4n) is 5.75. The van der Waals surface area contributed by atoms with Crippen molar-refractivity contribution < 1.29 is 32.2 Å². The minimum atomic E-state index is -3.50. The molecule has 1 atom stereocenters. The monoisotopic (exact) mass is 595 g/mol. The summed E-state index contributed by atoms with van der Waals surface area (Å²) in [7, 11) is -2.63. The number of carbonyl (C=O) groups is 1. The van der Waals surface area contributed by atoms with Gasteiger partial charge in [0.05, 0.1) is 17.0 Å². The van der Waals surface area contributed by atoms with Gasteiger partial charge >= 0.3 is 6.09 Å². The number of nitrogens with zero attached hydrogens (tertiary/aromatic N) is 3. The van der Waals surface area contributed by atoms with E-state index in [0.717, 1.165) is 11.0 Å². The zero-order valence-corrected chi connectivity index (χ0v) is 23.1. The number of aromatic nitrogens is 3. The Labute approximate surface area is 235 Å². The predicted molar refractivity (Wildman–Crippen MR) is 149 cm³/mol. The second kappa shape index (κ2) is 11.1. The third-order valence-corrected chi connectivity index (χ3v) is 9.97. The van der Waals surface area contributed by atoms with Crippen LogP contribution in [0.3, 0.4) is 0 Å². The van der Waals surface area contributed by atoms with Gasteiger partial charge in [0.25, 0.3) is 11.5 Å². The van der Waals surface area contributed by atoms with Crippen LogP contribution in [0, 0.1) is 11.7 Å². The number of amides is 1. The Bertz CT molecular complexity index is 1500. The van der Waals surface area contributed by atoms with Crippen molar-refractivity contribution in [1.82, 2.24) is 19.9 Å². The fraction of sp³-hybridized carbons (Fsp3) is 0.481. The SMILES string of the molecule is CC(Nc1ncnc2[nH]c(=O)c(C3CCS(O)(O)CC3)cc12)c1cccc(C(F)(F)C2CCN(C(=O)O)CC2)c1F. The minimum Gasteiger partial charge on any atom is -0.465 e. The lowest BCUT2D eigenvalue weighted by Gasteiger charge is -2.39. The highest BCUT2D eigenvalue weighted by atomic mass is 32.3. The molecule has 3 aromatic rings. The number of H-pyrrole nitrogens is 1. The number of aromatic amines is 1. The normalized spacial score (nSPS) is 20.1. The Hall–Kier alpha value is -3.36. The van der Waals surface area contributed by atoms with E-state index in [1.807, 2.05) is 0 Å². The second-order valence-electron chi connectivity index (χ2n) is 10.8. The maximum atomic E-state index is 15.7.